The average molecular weight is 192 g/mol. The average Bonchev–Trinajstić information content (AvgIpc) is 2.51. The fourth-order valence-corrected chi connectivity index (χ4v) is 1.18. The highest BCUT2D eigenvalue weighted by molar-refractivity contribution is 7.80. The molecule has 1 aromatic carbocycles. The van der Waals surface area contributed by atoms with Crippen molar-refractivity contribution in [3.05, 3.63) is 24.3 Å². The van der Waals surface area contributed by atoms with Gasteiger partial charge in [-0.3, -0.25) is 0 Å². The van der Waals surface area contributed by atoms with Crippen LogP contribution in [0.4, 0.5) is 5.69 Å². The largest absolute Gasteiger partial charge is 0.399 e. The second-order valence-electron chi connectivity index (χ2n) is 2.47. The summed E-state index contributed by atoms with van der Waals surface area (Å²) in [6.45, 7) is 0. The van der Waals surface area contributed by atoms with Gasteiger partial charge >= 0.3 is 0 Å². The van der Waals surface area contributed by atoms with E-state index in [0.717, 1.165) is 5.69 Å². The molecule has 2 rings (SSSR count). The molecule has 0 aliphatic rings. The zero-order chi connectivity index (χ0) is 9.26. The van der Waals surface area contributed by atoms with E-state index in [2.05, 4.69) is 15.5 Å². The van der Waals surface area contributed by atoms with Crippen LogP contribution in [0.3, 0.4) is 0 Å². The molecule has 6 heteroatoms. The van der Waals surface area contributed by atoms with Crippen molar-refractivity contribution in [3.63, 3.8) is 0 Å². The van der Waals surface area contributed by atoms with Crippen molar-refractivity contribution in [2.24, 2.45) is 0 Å². The molecule has 0 saturated heterocycles. The van der Waals surface area contributed by atoms with Crippen LogP contribution in [0, 0.1) is 0 Å². The summed E-state index contributed by atoms with van der Waals surface area (Å²) in [5.74, 6) is 0. The lowest BCUT2D eigenvalue weighted by atomic mass is 10.3. The van der Waals surface area contributed by atoms with Crippen LogP contribution in [0.1, 0.15) is 0 Å². The van der Waals surface area contributed by atoms with Crippen LogP contribution in [0.5, 0.6) is 0 Å². The highest BCUT2D eigenvalue weighted by Gasteiger charge is 2.04. The van der Waals surface area contributed by atoms with E-state index in [9.17, 15) is 0 Å². The third-order valence-corrected chi connectivity index (χ3v) is 1.81. The van der Waals surface area contributed by atoms with Crippen LogP contribution < -0.4 is 5.73 Å². The van der Waals surface area contributed by atoms with Crippen molar-refractivity contribution >= 4 is 18.3 Å². The summed E-state index contributed by atoms with van der Waals surface area (Å²) in [5.41, 5.74) is 7.03. The summed E-state index contributed by atoms with van der Waals surface area (Å²) in [5, 5.41) is 11.1. The molecular formula is C7H6N5S. The van der Waals surface area contributed by atoms with E-state index in [-0.39, 0.29) is 0 Å². The first-order chi connectivity index (χ1) is 6.27. The Labute approximate surface area is 80.0 Å². The number of nitrogens with zero attached hydrogens (tertiary/aromatic N) is 4. The normalized spacial score (nSPS) is 10.2. The van der Waals surface area contributed by atoms with Gasteiger partial charge in [0.15, 0.2) is 0 Å². The maximum Gasteiger partial charge on any atom is 0.244 e. The molecular weight excluding hydrogens is 186 g/mol. The minimum Gasteiger partial charge on any atom is -0.399 e. The molecule has 1 heterocycles. The minimum absolute atomic E-state index is 0.325. The Hall–Kier alpha value is -1.69. The number of hydrogen-bond acceptors (Lipinski definition) is 4. The lowest BCUT2D eigenvalue weighted by Gasteiger charge is -2.00. The molecule has 0 aliphatic carbocycles. The van der Waals surface area contributed by atoms with Gasteiger partial charge in [0.05, 0.1) is 5.69 Å². The number of hydrogen-bond donors (Lipinski definition) is 1. The van der Waals surface area contributed by atoms with Crippen LogP contribution in [0.15, 0.2) is 29.4 Å². The molecule has 0 aliphatic heterocycles. The predicted molar refractivity (Wildman–Crippen MR) is 49.4 cm³/mol. The number of nitrogens with two attached hydrogens (primary N) is 1. The van der Waals surface area contributed by atoms with Gasteiger partial charge in [-0.1, -0.05) is 11.2 Å². The fraction of sp³-hybridized carbons (Fsp3) is 0. The molecule has 0 atom stereocenters. The molecule has 0 unspecified atom stereocenters. The molecule has 0 fully saturated rings. The molecule has 0 spiro atoms. The van der Waals surface area contributed by atoms with Crippen LogP contribution in [0.2, 0.25) is 0 Å². The second kappa shape index (κ2) is 2.98. The van der Waals surface area contributed by atoms with Gasteiger partial charge in [0.25, 0.3) is 0 Å². The van der Waals surface area contributed by atoms with Crippen molar-refractivity contribution in [1.29, 1.82) is 0 Å². The molecule has 0 bridgehead atoms. The van der Waals surface area contributed by atoms with Crippen LogP contribution in [-0.4, -0.2) is 20.2 Å². The first-order valence-corrected chi connectivity index (χ1v) is 3.99. The Kier molecular flexibility index (Phi) is 1.82. The number of rotatable bonds is 1. The Morgan fingerprint density at radius 2 is 2.23 bits per heavy atom. The van der Waals surface area contributed by atoms with Gasteiger partial charge in [-0.05, 0) is 41.3 Å². The highest BCUT2D eigenvalue weighted by Crippen LogP contribution is 2.12. The quantitative estimate of drug-likeness (QED) is 0.678. The van der Waals surface area contributed by atoms with E-state index in [1.165, 1.54) is 4.68 Å². The predicted octanol–water partition coefficient (Wildman–Crippen LogP) is 0.801. The van der Waals surface area contributed by atoms with Crippen LogP contribution in [-0.2, 0) is 0 Å². The first-order valence-electron chi connectivity index (χ1n) is 3.58. The number of anilines is 1. The molecule has 1 aromatic heterocycles. The van der Waals surface area contributed by atoms with E-state index in [0.29, 0.717) is 10.8 Å². The third-order valence-electron chi connectivity index (χ3n) is 1.56. The molecule has 0 saturated carbocycles. The smallest absolute Gasteiger partial charge is 0.244 e. The molecule has 2 aromatic rings. The molecule has 5 nitrogen and oxygen atoms in total. The molecule has 13 heavy (non-hydrogen) atoms. The second-order valence-corrected chi connectivity index (χ2v) is 2.83. The highest BCUT2D eigenvalue weighted by atomic mass is 32.1. The lowest BCUT2D eigenvalue weighted by Crippen LogP contribution is -1.98. The lowest BCUT2D eigenvalue weighted by molar-refractivity contribution is 0.758. The number of aromatic nitrogens is 4. The van der Waals surface area contributed by atoms with Gasteiger partial charge in [0, 0.05) is 5.69 Å². The summed E-state index contributed by atoms with van der Waals surface area (Å²) in [4.78, 5) is 0. The zero-order valence-corrected chi connectivity index (χ0v) is 7.40. The number of benzene rings is 1. The van der Waals surface area contributed by atoms with Gasteiger partial charge in [-0.15, -0.1) is 0 Å². The Bertz CT molecular complexity index is 424. The summed E-state index contributed by atoms with van der Waals surface area (Å²) < 4.78 is 1.45. The minimum atomic E-state index is 0.325. The van der Waals surface area contributed by atoms with Crippen molar-refractivity contribution < 1.29 is 0 Å². The van der Waals surface area contributed by atoms with E-state index in [1.54, 1.807) is 12.1 Å². The van der Waals surface area contributed by atoms with Crippen molar-refractivity contribution in [3.8, 4) is 5.69 Å². The van der Waals surface area contributed by atoms with E-state index >= 15 is 0 Å². The topological polar surface area (TPSA) is 69.6 Å². The SMILES string of the molecule is Nc1cccc(-n2nnnc2[S])c1. The molecule has 2 N–H and O–H groups in total. The Morgan fingerprint density at radius 1 is 1.38 bits per heavy atom. The van der Waals surface area contributed by atoms with Crippen LogP contribution >= 0.6 is 12.6 Å². The summed E-state index contributed by atoms with van der Waals surface area (Å²) in [7, 11) is 0. The van der Waals surface area contributed by atoms with Gasteiger partial charge in [0.2, 0.25) is 5.16 Å². The Morgan fingerprint density at radius 3 is 2.85 bits per heavy atom. The fourth-order valence-electron chi connectivity index (χ4n) is 0.997. The summed E-state index contributed by atoms with van der Waals surface area (Å²) in [6.07, 6.45) is 0. The molecule has 0 amide bonds. The number of nitrogen functional groups attached to an aromatic ring is 1. The van der Waals surface area contributed by atoms with Crippen LogP contribution in [0.25, 0.3) is 5.69 Å². The molecule has 1 radical (unpaired) electrons. The maximum absolute atomic E-state index is 5.60. The van der Waals surface area contributed by atoms with Crippen molar-refractivity contribution in [2.75, 3.05) is 5.73 Å². The van der Waals surface area contributed by atoms with Crippen molar-refractivity contribution in [2.45, 2.75) is 5.16 Å². The van der Waals surface area contributed by atoms with Gasteiger partial charge < -0.3 is 5.73 Å². The first kappa shape index (κ1) is 7.93. The summed E-state index contributed by atoms with van der Waals surface area (Å²) in [6, 6.07) is 7.20. The van der Waals surface area contributed by atoms with Gasteiger partial charge in [0.1, 0.15) is 0 Å². The van der Waals surface area contributed by atoms with Gasteiger partial charge in [-0.25, -0.2) is 0 Å². The Balaban J connectivity index is 2.53. The third kappa shape index (κ3) is 1.43. The number of tetrazole rings is 1. The monoisotopic (exact) mass is 192 g/mol. The summed E-state index contributed by atoms with van der Waals surface area (Å²) >= 11 is 4.90. The van der Waals surface area contributed by atoms with E-state index < -0.39 is 0 Å². The van der Waals surface area contributed by atoms with E-state index in [4.69, 9.17) is 18.4 Å². The van der Waals surface area contributed by atoms with Gasteiger partial charge in [-0.2, -0.15) is 4.68 Å². The van der Waals surface area contributed by atoms with Crippen molar-refractivity contribution in [1.82, 2.24) is 20.2 Å². The van der Waals surface area contributed by atoms with E-state index in [1.807, 2.05) is 12.1 Å². The molecule has 65 valence electrons. The maximum atomic E-state index is 5.60. The zero-order valence-electron chi connectivity index (χ0n) is 6.58. The standard InChI is InChI=1S/C7H6N5S/c8-5-2-1-3-6(4-5)12-7(13)9-10-11-12/h1-4H,8H2.